The maximum absolute atomic E-state index is 13.8. The molecule has 1 nitrogen and oxygen atoms in total. The van der Waals surface area contributed by atoms with Crippen LogP contribution in [0.25, 0.3) is 11.1 Å². The third-order valence-corrected chi connectivity index (χ3v) is 3.12. The fourth-order valence-electron chi connectivity index (χ4n) is 1.76. The van der Waals surface area contributed by atoms with Crippen molar-refractivity contribution < 1.29 is 8.78 Å². The van der Waals surface area contributed by atoms with Crippen LogP contribution in [-0.4, -0.2) is 0 Å². The van der Waals surface area contributed by atoms with Crippen LogP contribution in [0.3, 0.4) is 0 Å². The first kappa shape index (κ1) is 13.0. The molecule has 0 radical (unpaired) electrons. The van der Waals surface area contributed by atoms with E-state index in [1.54, 1.807) is 18.2 Å². The van der Waals surface area contributed by atoms with Crippen LogP contribution in [0.5, 0.6) is 0 Å². The molecule has 4 heteroatoms. The van der Waals surface area contributed by atoms with Crippen LogP contribution in [0.1, 0.15) is 11.1 Å². The molecule has 0 saturated carbocycles. The number of hydrogen-bond acceptors (Lipinski definition) is 1. The van der Waals surface area contributed by atoms with Gasteiger partial charge in [0.15, 0.2) is 0 Å². The third-order valence-electron chi connectivity index (χ3n) is 2.81. The molecule has 0 atom stereocenters. The van der Waals surface area contributed by atoms with Gasteiger partial charge in [0.1, 0.15) is 11.6 Å². The summed E-state index contributed by atoms with van der Waals surface area (Å²) in [5, 5.41) is 0.361. The maximum Gasteiger partial charge on any atom is 0.131 e. The van der Waals surface area contributed by atoms with Crippen molar-refractivity contribution in [2.45, 2.75) is 13.5 Å². The Morgan fingerprint density at radius 2 is 1.78 bits per heavy atom. The summed E-state index contributed by atoms with van der Waals surface area (Å²) in [5.41, 5.74) is 7.22. The molecule has 2 aromatic rings. The van der Waals surface area contributed by atoms with Gasteiger partial charge in [-0.2, -0.15) is 0 Å². The second-order valence-corrected chi connectivity index (χ2v) is 4.51. The molecule has 0 amide bonds. The molecule has 0 spiro atoms. The number of aryl methyl sites for hydroxylation is 1. The van der Waals surface area contributed by atoms with Crippen molar-refractivity contribution >= 4 is 11.6 Å². The Labute approximate surface area is 109 Å². The van der Waals surface area contributed by atoms with Gasteiger partial charge >= 0.3 is 0 Å². The first-order valence-electron chi connectivity index (χ1n) is 5.47. The van der Waals surface area contributed by atoms with E-state index in [4.69, 9.17) is 17.3 Å². The van der Waals surface area contributed by atoms with E-state index in [0.29, 0.717) is 17.1 Å². The van der Waals surface area contributed by atoms with E-state index in [0.717, 1.165) is 17.7 Å². The monoisotopic (exact) mass is 267 g/mol. The maximum atomic E-state index is 13.8. The lowest BCUT2D eigenvalue weighted by atomic mass is 10.0. The largest absolute Gasteiger partial charge is 0.326 e. The van der Waals surface area contributed by atoms with Crippen LogP contribution in [0, 0.1) is 18.6 Å². The van der Waals surface area contributed by atoms with Crippen LogP contribution in [0.2, 0.25) is 5.02 Å². The van der Waals surface area contributed by atoms with Gasteiger partial charge in [-0.25, -0.2) is 8.78 Å². The summed E-state index contributed by atoms with van der Waals surface area (Å²) < 4.78 is 27.3. The summed E-state index contributed by atoms with van der Waals surface area (Å²) in [6.45, 7) is 1.87. The van der Waals surface area contributed by atoms with Crippen molar-refractivity contribution in [3.05, 3.63) is 58.1 Å². The highest BCUT2D eigenvalue weighted by Crippen LogP contribution is 2.32. The molecule has 0 bridgehead atoms. The Morgan fingerprint density at radius 1 is 1.06 bits per heavy atom. The summed E-state index contributed by atoms with van der Waals surface area (Å²) in [4.78, 5) is 0. The second kappa shape index (κ2) is 5.04. The normalized spacial score (nSPS) is 10.7. The van der Waals surface area contributed by atoms with Crippen molar-refractivity contribution in [3.8, 4) is 11.1 Å². The molecule has 0 aromatic heterocycles. The molecule has 2 rings (SSSR count). The van der Waals surface area contributed by atoms with E-state index in [-0.39, 0.29) is 11.1 Å². The zero-order valence-corrected chi connectivity index (χ0v) is 10.6. The van der Waals surface area contributed by atoms with Gasteiger partial charge in [-0.05, 0) is 36.2 Å². The van der Waals surface area contributed by atoms with Crippen molar-refractivity contribution in [1.29, 1.82) is 0 Å². The van der Waals surface area contributed by atoms with Crippen molar-refractivity contribution in [2.24, 2.45) is 5.73 Å². The van der Waals surface area contributed by atoms with E-state index >= 15 is 0 Å². The Hall–Kier alpha value is -1.45. The smallest absolute Gasteiger partial charge is 0.131 e. The zero-order valence-electron chi connectivity index (χ0n) is 9.81. The number of benzene rings is 2. The van der Waals surface area contributed by atoms with Crippen LogP contribution in [0.4, 0.5) is 8.78 Å². The van der Waals surface area contributed by atoms with Crippen LogP contribution >= 0.6 is 11.6 Å². The predicted octanol–water partition coefficient (Wildman–Crippen LogP) is 4.05. The molecule has 0 heterocycles. The fraction of sp³-hybridized carbons (Fsp3) is 0.143. The molecule has 0 saturated heterocycles. The number of hydrogen-bond donors (Lipinski definition) is 1. The van der Waals surface area contributed by atoms with E-state index in [1.165, 1.54) is 6.92 Å². The van der Waals surface area contributed by atoms with E-state index in [9.17, 15) is 8.78 Å². The molecule has 0 aliphatic heterocycles. The average molecular weight is 268 g/mol. The topological polar surface area (TPSA) is 26.0 Å². The van der Waals surface area contributed by atoms with Gasteiger partial charge in [-0.3, -0.25) is 0 Å². The summed E-state index contributed by atoms with van der Waals surface area (Å²) in [7, 11) is 0. The van der Waals surface area contributed by atoms with Gasteiger partial charge in [-0.15, -0.1) is 0 Å². The van der Waals surface area contributed by atoms with Gasteiger partial charge in [-0.1, -0.05) is 23.7 Å². The molecule has 2 N–H and O–H groups in total. The SMILES string of the molecule is Cc1cc(F)c(-c2ccc(CN)cc2Cl)cc1F. The summed E-state index contributed by atoms with van der Waals surface area (Å²) in [5.74, 6) is -0.943. The minimum absolute atomic E-state index is 0.159. The molecule has 0 unspecified atom stereocenters. The summed E-state index contributed by atoms with van der Waals surface area (Å²) in [6.07, 6.45) is 0. The molecule has 18 heavy (non-hydrogen) atoms. The minimum atomic E-state index is -0.490. The molecule has 0 fully saturated rings. The lowest BCUT2D eigenvalue weighted by molar-refractivity contribution is 0.595. The van der Waals surface area contributed by atoms with Gasteiger partial charge in [0, 0.05) is 22.7 Å². The van der Waals surface area contributed by atoms with Crippen LogP contribution in [0.15, 0.2) is 30.3 Å². The Balaban J connectivity index is 2.58. The van der Waals surface area contributed by atoms with Crippen molar-refractivity contribution in [1.82, 2.24) is 0 Å². The van der Waals surface area contributed by atoms with Gasteiger partial charge in [0.25, 0.3) is 0 Å². The van der Waals surface area contributed by atoms with Gasteiger partial charge < -0.3 is 5.73 Å². The van der Waals surface area contributed by atoms with Crippen LogP contribution < -0.4 is 5.73 Å². The van der Waals surface area contributed by atoms with Crippen molar-refractivity contribution in [2.75, 3.05) is 0 Å². The van der Waals surface area contributed by atoms with E-state index < -0.39 is 11.6 Å². The van der Waals surface area contributed by atoms with Crippen LogP contribution in [-0.2, 0) is 6.54 Å². The highest BCUT2D eigenvalue weighted by atomic mass is 35.5. The fourth-order valence-corrected chi connectivity index (χ4v) is 2.06. The van der Waals surface area contributed by atoms with Gasteiger partial charge in [0.05, 0.1) is 0 Å². The van der Waals surface area contributed by atoms with E-state index in [1.807, 2.05) is 0 Å². The summed E-state index contributed by atoms with van der Waals surface area (Å²) in [6, 6.07) is 7.38. The highest BCUT2D eigenvalue weighted by molar-refractivity contribution is 6.33. The Kier molecular flexibility index (Phi) is 3.64. The lowest BCUT2D eigenvalue weighted by Gasteiger charge is -2.09. The highest BCUT2D eigenvalue weighted by Gasteiger charge is 2.12. The average Bonchev–Trinajstić information content (AvgIpc) is 2.34. The number of nitrogens with two attached hydrogens (primary N) is 1. The molecule has 2 aromatic carbocycles. The van der Waals surface area contributed by atoms with Gasteiger partial charge in [0.2, 0.25) is 0 Å². The lowest BCUT2D eigenvalue weighted by Crippen LogP contribution is -1.97. The minimum Gasteiger partial charge on any atom is -0.326 e. The van der Waals surface area contributed by atoms with E-state index in [2.05, 4.69) is 0 Å². The zero-order chi connectivity index (χ0) is 13.3. The quantitative estimate of drug-likeness (QED) is 0.873. The first-order valence-corrected chi connectivity index (χ1v) is 5.85. The molecule has 0 aliphatic rings. The Morgan fingerprint density at radius 3 is 2.39 bits per heavy atom. The second-order valence-electron chi connectivity index (χ2n) is 4.10. The predicted molar refractivity (Wildman–Crippen MR) is 69.4 cm³/mol. The summed E-state index contributed by atoms with van der Waals surface area (Å²) >= 11 is 6.06. The molecule has 94 valence electrons. The van der Waals surface area contributed by atoms with Crippen molar-refractivity contribution in [3.63, 3.8) is 0 Å². The third kappa shape index (κ3) is 2.37. The molecule has 0 aliphatic carbocycles. The standard InChI is InChI=1S/C14H12ClF2N/c1-8-4-14(17)11(6-13(8)16)10-3-2-9(7-18)5-12(10)15/h2-6H,7,18H2,1H3. The number of halogens is 3. The molecular formula is C14H12ClF2N. The number of rotatable bonds is 2. The molecular weight excluding hydrogens is 256 g/mol. The Bertz CT molecular complexity index is 597. The first-order chi connectivity index (χ1) is 8.52.